The summed E-state index contributed by atoms with van der Waals surface area (Å²) in [4.78, 5) is 0. The van der Waals surface area contributed by atoms with Crippen molar-refractivity contribution in [1.29, 1.82) is 0 Å². The lowest BCUT2D eigenvalue weighted by molar-refractivity contribution is -0.149. The second kappa shape index (κ2) is 5.25. The lowest BCUT2D eigenvalue weighted by Crippen LogP contribution is -2.28. The number of alkyl halides is 3. The van der Waals surface area contributed by atoms with E-state index in [9.17, 15) is 13.2 Å². The fraction of sp³-hybridized carbons (Fsp3) is 0.250. The molecule has 1 rings (SSSR count). The van der Waals surface area contributed by atoms with Crippen molar-refractivity contribution in [2.24, 2.45) is 5.73 Å². The van der Waals surface area contributed by atoms with Crippen LogP contribution in [0.5, 0.6) is 0 Å². The van der Waals surface area contributed by atoms with Crippen LogP contribution in [0.1, 0.15) is 11.6 Å². The van der Waals surface area contributed by atoms with Gasteiger partial charge < -0.3 is 5.73 Å². The third kappa shape index (κ3) is 3.72. The number of benzene rings is 1. The molecule has 0 spiro atoms. The van der Waals surface area contributed by atoms with E-state index in [2.05, 4.69) is 0 Å². The number of hydrogen-bond acceptors (Lipinski definition) is 1. The van der Waals surface area contributed by atoms with Gasteiger partial charge in [0.25, 0.3) is 0 Å². The molecule has 0 fully saturated rings. The summed E-state index contributed by atoms with van der Waals surface area (Å²) < 4.78 is 36.7. The zero-order valence-corrected chi connectivity index (χ0v) is 9.51. The summed E-state index contributed by atoms with van der Waals surface area (Å²) in [6.07, 6.45) is -4.52. The van der Waals surface area contributed by atoms with Crippen LogP contribution in [-0.4, -0.2) is 6.18 Å². The molecule has 0 bridgehead atoms. The first-order valence-corrected chi connectivity index (χ1v) is 4.35. The van der Waals surface area contributed by atoms with Gasteiger partial charge in [-0.25, -0.2) is 0 Å². The molecule has 0 amide bonds. The molecule has 7 heteroatoms. The fourth-order valence-corrected chi connectivity index (χ4v) is 1.34. The Bertz CT molecular complexity index is 340. The highest BCUT2D eigenvalue weighted by molar-refractivity contribution is 6.33. The molecule has 1 nitrogen and oxygen atoms in total. The van der Waals surface area contributed by atoms with Gasteiger partial charge in [-0.2, -0.15) is 13.2 Å². The highest BCUT2D eigenvalue weighted by Crippen LogP contribution is 2.35. The lowest BCUT2D eigenvalue weighted by atomic mass is 10.1. The van der Waals surface area contributed by atoms with Gasteiger partial charge in [-0.3, -0.25) is 0 Å². The van der Waals surface area contributed by atoms with Crippen molar-refractivity contribution >= 4 is 35.6 Å². The van der Waals surface area contributed by atoms with Gasteiger partial charge in [0.1, 0.15) is 6.04 Å². The SMILES string of the molecule is Cl.N[C@H](c1cc(Cl)ccc1Cl)C(F)(F)F. The van der Waals surface area contributed by atoms with E-state index >= 15 is 0 Å². The summed E-state index contributed by atoms with van der Waals surface area (Å²) in [6.45, 7) is 0. The largest absolute Gasteiger partial charge is 0.407 e. The maximum atomic E-state index is 12.2. The molecule has 1 atom stereocenters. The molecule has 0 heterocycles. The van der Waals surface area contributed by atoms with E-state index in [1.807, 2.05) is 0 Å². The Morgan fingerprint density at radius 3 is 2.20 bits per heavy atom. The zero-order chi connectivity index (χ0) is 10.9. The Morgan fingerprint density at radius 2 is 1.73 bits per heavy atom. The average Bonchev–Trinajstić information content (AvgIpc) is 2.06. The van der Waals surface area contributed by atoms with Crippen LogP contribution < -0.4 is 5.73 Å². The first kappa shape index (κ1) is 14.8. The average molecular weight is 281 g/mol. The molecule has 0 saturated carbocycles. The van der Waals surface area contributed by atoms with E-state index in [1.165, 1.54) is 12.1 Å². The number of rotatable bonds is 1. The minimum Gasteiger partial charge on any atom is -0.316 e. The van der Waals surface area contributed by atoms with E-state index in [1.54, 1.807) is 0 Å². The van der Waals surface area contributed by atoms with Crippen LogP contribution in [0.2, 0.25) is 10.0 Å². The maximum Gasteiger partial charge on any atom is 0.407 e. The molecular formula is C8H7Cl3F3N. The molecule has 0 unspecified atom stereocenters. The summed E-state index contributed by atoms with van der Waals surface area (Å²) in [5, 5.41) is 0.128. The van der Waals surface area contributed by atoms with Crippen LogP contribution in [0.4, 0.5) is 13.2 Å². The highest BCUT2D eigenvalue weighted by Gasteiger charge is 2.38. The van der Waals surface area contributed by atoms with Crippen molar-refractivity contribution in [1.82, 2.24) is 0 Å². The normalized spacial score (nSPS) is 13.2. The van der Waals surface area contributed by atoms with Crippen molar-refractivity contribution in [3.05, 3.63) is 33.8 Å². The van der Waals surface area contributed by atoms with Gasteiger partial charge in [-0.05, 0) is 23.8 Å². The van der Waals surface area contributed by atoms with Crippen LogP contribution in [0.15, 0.2) is 18.2 Å². The molecule has 15 heavy (non-hydrogen) atoms. The van der Waals surface area contributed by atoms with Crippen molar-refractivity contribution in [2.75, 3.05) is 0 Å². The quantitative estimate of drug-likeness (QED) is 0.827. The second-order valence-electron chi connectivity index (χ2n) is 2.69. The molecule has 0 aromatic heterocycles. The van der Waals surface area contributed by atoms with Crippen LogP contribution in [0.25, 0.3) is 0 Å². The molecule has 0 aliphatic carbocycles. The topological polar surface area (TPSA) is 26.0 Å². The number of hydrogen-bond donors (Lipinski definition) is 1. The molecule has 0 aliphatic rings. The number of halogens is 6. The minimum atomic E-state index is -4.52. The predicted molar refractivity (Wildman–Crippen MR) is 56.7 cm³/mol. The van der Waals surface area contributed by atoms with Gasteiger partial charge in [-0.15, -0.1) is 12.4 Å². The Morgan fingerprint density at radius 1 is 1.20 bits per heavy atom. The van der Waals surface area contributed by atoms with Crippen LogP contribution in [0, 0.1) is 0 Å². The molecule has 2 N–H and O–H groups in total. The van der Waals surface area contributed by atoms with Gasteiger partial charge in [0, 0.05) is 10.0 Å². The Balaban J connectivity index is 0.00000196. The van der Waals surface area contributed by atoms with Gasteiger partial charge in [-0.1, -0.05) is 23.2 Å². The van der Waals surface area contributed by atoms with Crippen molar-refractivity contribution in [3.63, 3.8) is 0 Å². The molecule has 86 valence electrons. The van der Waals surface area contributed by atoms with Crippen molar-refractivity contribution in [3.8, 4) is 0 Å². The standard InChI is InChI=1S/C8H6Cl2F3N.ClH/c9-4-1-2-6(10)5(3-4)7(14)8(11,12)13;/h1-3,7H,14H2;1H/t7-;/m1./s1. The molecule has 0 aliphatic heterocycles. The van der Waals surface area contributed by atoms with Crippen LogP contribution >= 0.6 is 35.6 Å². The molecule has 0 radical (unpaired) electrons. The summed E-state index contributed by atoms with van der Waals surface area (Å²) in [6, 6.07) is 1.69. The van der Waals surface area contributed by atoms with Gasteiger partial charge >= 0.3 is 6.18 Å². The Labute approximate surface area is 101 Å². The Kier molecular flexibility index (Phi) is 5.20. The highest BCUT2D eigenvalue weighted by atomic mass is 35.5. The maximum absolute atomic E-state index is 12.2. The van der Waals surface area contributed by atoms with Crippen molar-refractivity contribution in [2.45, 2.75) is 12.2 Å². The smallest absolute Gasteiger partial charge is 0.316 e. The lowest BCUT2D eigenvalue weighted by Gasteiger charge is -2.17. The fourth-order valence-electron chi connectivity index (χ4n) is 0.929. The van der Waals surface area contributed by atoms with E-state index in [-0.39, 0.29) is 28.0 Å². The second-order valence-corrected chi connectivity index (χ2v) is 3.53. The van der Waals surface area contributed by atoms with Crippen LogP contribution in [-0.2, 0) is 0 Å². The summed E-state index contributed by atoms with van der Waals surface area (Å²) >= 11 is 11.1. The van der Waals surface area contributed by atoms with Gasteiger partial charge in [0.2, 0.25) is 0 Å². The minimum absolute atomic E-state index is 0. The third-order valence-corrected chi connectivity index (χ3v) is 2.23. The first-order valence-electron chi connectivity index (χ1n) is 3.59. The van der Waals surface area contributed by atoms with Gasteiger partial charge in [0.15, 0.2) is 0 Å². The summed E-state index contributed by atoms with van der Waals surface area (Å²) in [7, 11) is 0. The zero-order valence-electron chi connectivity index (χ0n) is 7.18. The molecule has 1 aromatic carbocycles. The van der Waals surface area contributed by atoms with E-state index in [0.29, 0.717) is 0 Å². The number of nitrogens with two attached hydrogens (primary N) is 1. The predicted octanol–water partition coefficient (Wildman–Crippen LogP) is 3.98. The van der Waals surface area contributed by atoms with E-state index in [4.69, 9.17) is 28.9 Å². The molecular weight excluding hydrogens is 273 g/mol. The van der Waals surface area contributed by atoms with E-state index in [0.717, 1.165) is 6.07 Å². The summed E-state index contributed by atoms with van der Waals surface area (Å²) in [5.74, 6) is 0. The first-order chi connectivity index (χ1) is 6.32. The van der Waals surface area contributed by atoms with E-state index < -0.39 is 12.2 Å². The van der Waals surface area contributed by atoms with Crippen LogP contribution in [0.3, 0.4) is 0 Å². The Hall–Kier alpha value is -0.160. The molecule has 0 saturated heterocycles. The monoisotopic (exact) mass is 279 g/mol. The summed E-state index contributed by atoms with van der Waals surface area (Å²) in [5.41, 5.74) is 4.76. The van der Waals surface area contributed by atoms with Gasteiger partial charge in [0.05, 0.1) is 0 Å². The third-order valence-electron chi connectivity index (χ3n) is 1.65. The molecule has 1 aromatic rings. The van der Waals surface area contributed by atoms with Crippen molar-refractivity contribution < 1.29 is 13.2 Å².